The first-order chi connectivity index (χ1) is 12.8. The predicted molar refractivity (Wildman–Crippen MR) is 103 cm³/mol. The van der Waals surface area contributed by atoms with E-state index in [1.54, 1.807) is 49.4 Å². The average molecular weight is 452 g/mol. The van der Waals surface area contributed by atoms with E-state index < -0.39 is 29.7 Å². The molecule has 0 N–H and O–H groups in total. The number of methoxy groups -OCH3 is 1. The normalized spacial score (nSPS) is 19.6. The maximum Gasteiger partial charge on any atom is 0.326 e. The molecule has 0 amide bonds. The van der Waals surface area contributed by atoms with Gasteiger partial charge in [0.05, 0.1) is 7.11 Å². The molecule has 27 heavy (non-hydrogen) atoms. The van der Waals surface area contributed by atoms with Crippen LogP contribution in [0.1, 0.15) is 28.8 Å². The highest BCUT2D eigenvalue weighted by Gasteiger charge is 2.47. The van der Waals surface area contributed by atoms with Gasteiger partial charge >= 0.3 is 11.9 Å². The molecule has 2 aromatic carbocycles. The van der Waals surface area contributed by atoms with E-state index in [2.05, 4.69) is 15.9 Å². The SMILES string of the molecule is COC(=O)[C@H]1C(=O)Oc2ccc(Br)cc2[C@@H]1[C@@H](C)C(=O)c1ccc(Cl)cc1. The molecule has 2 aromatic rings. The van der Waals surface area contributed by atoms with Crippen molar-refractivity contribution >= 4 is 45.3 Å². The molecule has 7 heteroatoms. The van der Waals surface area contributed by atoms with Gasteiger partial charge < -0.3 is 9.47 Å². The molecule has 140 valence electrons. The molecule has 0 fully saturated rings. The highest BCUT2D eigenvalue weighted by Crippen LogP contribution is 2.44. The Morgan fingerprint density at radius 1 is 1.19 bits per heavy atom. The minimum absolute atomic E-state index is 0.203. The maximum absolute atomic E-state index is 13.1. The lowest BCUT2D eigenvalue weighted by atomic mass is 9.73. The van der Waals surface area contributed by atoms with Gasteiger partial charge in [-0.3, -0.25) is 14.4 Å². The second kappa shape index (κ2) is 7.82. The Morgan fingerprint density at radius 3 is 2.48 bits per heavy atom. The fraction of sp³-hybridized carbons (Fsp3) is 0.250. The van der Waals surface area contributed by atoms with Crippen LogP contribution in [0.5, 0.6) is 5.75 Å². The fourth-order valence-corrected chi connectivity index (χ4v) is 3.84. The Balaban J connectivity index is 2.08. The number of ether oxygens (including phenoxy) is 2. The molecule has 0 unspecified atom stereocenters. The standard InChI is InChI=1S/C20H16BrClO5/c1-10(18(23)11-3-6-13(22)7-4-11)16-14-9-12(21)5-8-15(14)27-20(25)17(16)19(24)26-2/h3-10,16-17H,1-2H3/t10-,16+,17+/m1/s1. The van der Waals surface area contributed by atoms with Gasteiger partial charge in [0.15, 0.2) is 11.7 Å². The van der Waals surface area contributed by atoms with Crippen LogP contribution in [0, 0.1) is 11.8 Å². The summed E-state index contributed by atoms with van der Waals surface area (Å²) in [5, 5.41) is 0.516. The highest BCUT2D eigenvalue weighted by atomic mass is 79.9. The van der Waals surface area contributed by atoms with Crippen molar-refractivity contribution in [3.63, 3.8) is 0 Å². The molecular formula is C20H16BrClO5. The van der Waals surface area contributed by atoms with Crippen LogP contribution >= 0.6 is 27.5 Å². The van der Waals surface area contributed by atoms with Crippen LogP contribution < -0.4 is 4.74 Å². The van der Waals surface area contributed by atoms with Gasteiger partial charge in [-0.15, -0.1) is 0 Å². The number of carbonyl (C=O) groups is 3. The number of benzene rings is 2. The van der Waals surface area contributed by atoms with Crippen LogP contribution in [-0.2, 0) is 14.3 Å². The molecule has 1 heterocycles. The molecule has 0 aliphatic carbocycles. The van der Waals surface area contributed by atoms with Gasteiger partial charge in [0.2, 0.25) is 0 Å². The smallest absolute Gasteiger partial charge is 0.326 e. The van der Waals surface area contributed by atoms with Crippen LogP contribution in [0.25, 0.3) is 0 Å². The van der Waals surface area contributed by atoms with E-state index in [1.165, 1.54) is 7.11 Å². The molecule has 1 aliphatic heterocycles. The molecule has 0 saturated carbocycles. The van der Waals surface area contributed by atoms with Gasteiger partial charge in [-0.25, -0.2) is 0 Å². The Kier molecular flexibility index (Phi) is 5.67. The van der Waals surface area contributed by atoms with E-state index in [-0.39, 0.29) is 5.78 Å². The Hall–Kier alpha value is -2.18. The number of esters is 2. The Bertz CT molecular complexity index is 909. The van der Waals surface area contributed by atoms with Crippen LogP contribution in [0.15, 0.2) is 46.9 Å². The molecule has 3 atom stereocenters. The van der Waals surface area contributed by atoms with E-state index in [0.29, 0.717) is 21.9 Å². The fourth-order valence-electron chi connectivity index (χ4n) is 3.34. The number of fused-ring (bicyclic) bond motifs is 1. The topological polar surface area (TPSA) is 69.7 Å². The summed E-state index contributed by atoms with van der Waals surface area (Å²) in [6.07, 6.45) is 0. The molecule has 0 aromatic heterocycles. The third-order valence-corrected chi connectivity index (χ3v) is 5.44. The first-order valence-corrected chi connectivity index (χ1v) is 9.39. The number of halogens is 2. The van der Waals surface area contributed by atoms with Crippen LogP contribution in [0.2, 0.25) is 5.02 Å². The van der Waals surface area contributed by atoms with Crippen molar-refractivity contribution in [3.8, 4) is 5.75 Å². The molecule has 5 nitrogen and oxygen atoms in total. The monoisotopic (exact) mass is 450 g/mol. The Labute approximate surface area is 169 Å². The first-order valence-electron chi connectivity index (χ1n) is 8.22. The van der Waals surface area contributed by atoms with Crippen LogP contribution in [0.4, 0.5) is 0 Å². The van der Waals surface area contributed by atoms with E-state index in [0.717, 1.165) is 4.47 Å². The van der Waals surface area contributed by atoms with Crippen molar-refractivity contribution in [2.45, 2.75) is 12.8 Å². The van der Waals surface area contributed by atoms with Crippen molar-refractivity contribution in [1.82, 2.24) is 0 Å². The summed E-state index contributed by atoms with van der Waals surface area (Å²) >= 11 is 9.28. The van der Waals surface area contributed by atoms with Crippen molar-refractivity contribution in [2.24, 2.45) is 11.8 Å². The number of carbonyl (C=O) groups excluding carboxylic acids is 3. The molecule has 0 radical (unpaired) electrons. The van der Waals surface area contributed by atoms with Gasteiger partial charge in [0, 0.05) is 32.5 Å². The van der Waals surface area contributed by atoms with E-state index in [1.807, 2.05) is 0 Å². The average Bonchev–Trinajstić information content (AvgIpc) is 2.66. The minimum Gasteiger partial charge on any atom is -0.468 e. The van der Waals surface area contributed by atoms with Crippen molar-refractivity contribution in [3.05, 3.63) is 63.1 Å². The summed E-state index contributed by atoms with van der Waals surface area (Å²) in [6.45, 7) is 1.70. The van der Waals surface area contributed by atoms with Gasteiger partial charge in [0.25, 0.3) is 0 Å². The third-order valence-electron chi connectivity index (χ3n) is 4.69. The number of hydrogen-bond donors (Lipinski definition) is 0. The summed E-state index contributed by atoms with van der Waals surface area (Å²) in [6, 6.07) is 11.6. The number of hydrogen-bond acceptors (Lipinski definition) is 5. The summed E-state index contributed by atoms with van der Waals surface area (Å²) in [5.41, 5.74) is 1.06. The van der Waals surface area contributed by atoms with E-state index in [9.17, 15) is 14.4 Å². The zero-order chi connectivity index (χ0) is 19.7. The minimum atomic E-state index is -1.22. The van der Waals surface area contributed by atoms with Crippen LogP contribution in [-0.4, -0.2) is 24.8 Å². The first kappa shape index (κ1) is 19.6. The molecule has 3 rings (SSSR count). The number of ketones is 1. The van der Waals surface area contributed by atoms with Gasteiger partial charge in [-0.2, -0.15) is 0 Å². The van der Waals surface area contributed by atoms with Crippen molar-refractivity contribution in [2.75, 3.05) is 7.11 Å². The zero-order valence-electron chi connectivity index (χ0n) is 14.6. The summed E-state index contributed by atoms with van der Waals surface area (Å²) in [4.78, 5) is 37.9. The molecule has 1 aliphatic rings. The second-order valence-corrected chi connectivity index (χ2v) is 7.64. The lowest BCUT2D eigenvalue weighted by Crippen LogP contribution is -2.42. The molecule has 0 bridgehead atoms. The van der Waals surface area contributed by atoms with Gasteiger partial charge in [-0.1, -0.05) is 34.5 Å². The Morgan fingerprint density at radius 2 is 1.85 bits per heavy atom. The quantitative estimate of drug-likeness (QED) is 0.298. The molecular weight excluding hydrogens is 436 g/mol. The summed E-state index contributed by atoms with van der Waals surface area (Å²) in [7, 11) is 1.20. The highest BCUT2D eigenvalue weighted by molar-refractivity contribution is 9.10. The molecule has 0 spiro atoms. The van der Waals surface area contributed by atoms with Crippen LogP contribution in [0.3, 0.4) is 0 Å². The van der Waals surface area contributed by atoms with E-state index in [4.69, 9.17) is 21.1 Å². The number of Topliss-reactive ketones (excluding diaryl/α,β-unsaturated/α-hetero) is 1. The zero-order valence-corrected chi connectivity index (χ0v) is 16.9. The summed E-state index contributed by atoms with van der Waals surface area (Å²) in [5.74, 6) is -3.92. The largest absolute Gasteiger partial charge is 0.468 e. The van der Waals surface area contributed by atoms with Crippen molar-refractivity contribution in [1.29, 1.82) is 0 Å². The second-order valence-electron chi connectivity index (χ2n) is 6.29. The maximum atomic E-state index is 13.1. The van der Waals surface area contributed by atoms with Crippen molar-refractivity contribution < 1.29 is 23.9 Å². The predicted octanol–water partition coefficient (Wildman–Crippen LogP) is 4.41. The number of rotatable bonds is 4. The van der Waals surface area contributed by atoms with Gasteiger partial charge in [0.1, 0.15) is 5.75 Å². The lowest BCUT2D eigenvalue weighted by molar-refractivity contribution is -0.158. The van der Waals surface area contributed by atoms with E-state index >= 15 is 0 Å². The lowest BCUT2D eigenvalue weighted by Gasteiger charge is -2.33. The molecule has 0 saturated heterocycles. The summed E-state index contributed by atoms with van der Waals surface area (Å²) < 4.78 is 10.9. The third kappa shape index (κ3) is 3.77. The van der Waals surface area contributed by atoms with Gasteiger partial charge in [-0.05, 0) is 42.5 Å².